The summed E-state index contributed by atoms with van der Waals surface area (Å²) in [6, 6.07) is 5.66. The second-order valence-electron chi connectivity index (χ2n) is 5.25. The predicted octanol–water partition coefficient (Wildman–Crippen LogP) is 3.13. The van der Waals surface area contributed by atoms with E-state index in [0.717, 1.165) is 43.9 Å². The maximum absolute atomic E-state index is 12.1. The smallest absolute Gasteiger partial charge is 0.392 e. The molecule has 1 aromatic rings. The third kappa shape index (κ3) is 5.12. The van der Waals surface area contributed by atoms with E-state index in [-0.39, 0.29) is 6.61 Å². The molecule has 6 heteroatoms. The van der Waals surface area contributed by atoms with E-state index in [2.05, 4.69) is 10.2 Å². The molecule has 1 heterocycles. The van der Waals surface area contributed by atoms with Gasteiger partial charge in [-0.1, -0.05) is 0 Å². The van der Waals surface area contributed by atoms with Crippen molar-refractivity contribution in [1.82, 2.24) is 5.32 Å². The highest BCUT2D eigenvalue weighted by molar-refractivity contribution is 5.53. The van der Waals surface area contributed by atoms with E-state index in [1.807, 2.05) is 19.1 Å². The number of nitrogens with zero attached hydrogens (tertiary/aromatic N) is 1. The quantitative estimate of drug-likeness (QED) is 0.925. The first-order valence-corrected chi connectivity index (χ1v) is 7.21. The summed E-state index contributed by atoms with van der Waals surface area (Å²) in [4.78, 5) is 2.28. The van der Waals surface area contributed by atoms with Gasteiger partial charge >= 0.3 is 6.18 Å². The summed E-state index contributed by atoms with van der Waals surface area (Å²) in [5.41, 5.74) is 1.96. The molecule has 0 spiro atoms. The number of ether oxygens (including phenoxy) is 1. The lowest BCUT2D eigenvalue weighted by Crippen LogP contribution is -2.27. The Morgan fingerprint density at radius 3 is 2.76 bits per heavy atom. The van der Waals surface area contributed by atoms with Crippen molar-refractivity contribution >= 4 is 5.69 Å². The van der Waals surface area contributed by atoms with Crippen LogP contribution in [0, 0.1) is 6.92 Å². The largest absolute Gasteiger partial charge is 0.493 e. The maximum atomic E-state index is 12.1. The van der Waals surface area contributed by atoms with Gasteiger partial charge in [0, 0.05) is 25.3 Å². The molecule has 1 fully saturated rings. The van der Waals surface area contributed by atoms with Crippen molar-refractivity contribution in [3.8, 4) is 5.75 Å². The minimum absolute atomic E-state index is 0.336. The zero-order valence-electron chi connectivity index (χ0n) is 12.2. The van der Waals surface area contributed by atoms with Crippen molar-refractivity contribution in [3.05, 3.63) is 23.8 Å². The van der Waals surface area contributed by atoms with Crippen LogP contribution in [-0.4, -0.2) is 39.0 Å². The molecular formula is C15H21F3N2O. The summed E-state index contributed by atoms with van der Waals surface area (Å²) in [5, 5.41) is 3.34. The first-order valence-electron chi connectivity index (χ1n) is 7.21. The molecule has 0 atom stereocenters. The van der Waals surface area contributed by atoms with Gasteiger partial charge in [0.25, 0.3) is 0 Å². The Bertz CT molecular complexity index is 455. The second-order valence-corrected chi connectivity index (χ2v) is 5.25. The first-order chi connectivity index (χ1) is 9.96. The molecule has 0 aromatic heterocycles. The van der Waals surface area contributed by atoms with Gasteiger partial charge in [0.1, 0.15) is 5.75 Å². The molecule has 1 aliphatic heterocycles. The lowest BCUT2D eigenvalue weighted by Gasteiger charge is -2.23. The summed E-state index contributed by atoms with van der Waals surface area (Å²) in [5.74, 6) is 0.524. The van der Waals surface area contributed by atoms with E-state index in [0.29, 0.717) is 5.75 Å². The molecule has 0 radical (unpaired) electrons. The Morgan fingerprint density at radius 2 is 2.05 bits per heavy atom. The monoisotopic (exact) mass is 302 g/mol. The number of nitrogens with one attached hydrogen (secondary N) is 1. The van der Waals surface area contributed by atoms with Gasteiger partial charge in [0.05, 0.1) is 13.0 Å². The number of anilines is 1. The fraction of sp³-hybridized carbons (Fsp3) is 0.600. The van der Waals surface area contributed by atoms with Gasteiger partial charge in [-0.05, 0) is 43.7 Å². The fourth-order valence-electron chi connectivity index (χ4n) is 2.37. The van der Waals surface area contributed by atoms with Crippen LogP contribution in [0.1, 0.15) is 18.4 Å². The number of hydrogen-bond acceptors (Lipinski definition) is 3. The molecule has 0 aliphatic carbocycles. The number of rotatable bonds is 4. The van der Waals surface area contributed by atoms with Crippen LogP contribution in [0.3, 0.4) is 0 Å². The highest BCUT2D eigenvalue weighted by atomic mass is 19.4. The molecule has 1 N–H and O–H groups in total. The maximum Gasteiger partial charge on any atom is 0.392 e. The molecule has 118 valence electrons. The normalized spacial score (nSPS) is 16.7. The second kappa shape index (κ2) is 7.02. The molecule has 0 unspecified atom stereocenters. The van der Waals surface area contributed by atoms with Crippen molar-refractivity contribution < 1.29 is 17.9 Å². The van der Waals surface area contributed by atoms with E-state index < -0.39 is 12.6 Å². The van der Waals surface area contributed by atoms with Gasteiger partial charge in [0.2, 0.25) is 0 Å². The van der Waals surface area contributed by atoms with Crippen LogP contribution in [0.5, 0.6) is 5.75 Å². The van der Waals surface area contributed by atoms with Gasteiger partial charge in [-0.25, -0.2) is 0 Å². The van der Waals surface area contributed by atoms with E-state index in [9.17, 15) is 13.2 Å². The van der Waals surface area contributed by atoms with Crippen molar-refractivity contribution in [2.24, 2.45) is 0 Å². The molecule has 1 saturated heterocycles. The Morgan fingerprint density at radius 1 is 1.24 bits per heavy atom. The third-order valence-corrected chi connectivity index (χ3v) is 3.51. The van der Waals surface area contributed by atoms with Gasteiger partial charge in [0.15, 0.2) is 0 Å². The molecule has 0 amide bonds. The van der Waals surface area contributed by atoms with E-state index in [1.54, 1.807) is 6.07 Å². The Kier molecular flexibility index (Phi) is 5.33. The van der Waals surface area contributed by atoms with E-state index in [1.165, 1.54) is 0 Å². The standard InChI is InChI=1S/C15H21F3N2O/c1-12-11-13(20-8-2-6-19-7-9-20)3-4-14(12)21-10-5-15(16,17)18/h3-4,11,19H,2,5-10H2,1H3. The fourth-order valence-corrected chi connectivity index (χ4v) is 2.37. The minimum atomic E-state index is -4.17. The van der Waals surface area contributed by atoms with E-state index >= 15 is 0 Å². The van der Waals surface area contributed by atoms with Gasteiger partial charge < -0.3 is 15.0 Å². The molecule has 2 rings (SSSR count). The molecule has 3 nitrogen and oxygen atoms in total. The SMILES string of the molecule is Cc1cc(N2CCCNCC2)ccc1OCCC(F)(F)F. The summed E-state index contributed by atoms with van der Waals surface area (Å²) in [6.07, 6.45) is -4.01. The van der Waals surface area contributed by atoms with Gasteiger partial charge in [-0.3, -0.25) is 0 Å². The molecule has 0 saturated carbocycles. The van der Waals surface area contributed by atoms with Crippen LogP contribution < -0.4 is 15.0 Å². The number of halogens is 3. The van der Waals surface area contributed by atoms with Gasteiger partial charge in [-0.2, -0.15) is 13.2 Å². The number of alkyl halides is 3. The molecule has 21 heavy (non-hydrogen) atoms. The summed E-state index contributed by atoms with van der Waals surface area (Å²) >= 11 is 0. The first kappa shape index (κ1) is 15.9. The highest BCUT2D eigenvalue weighted by Crippen LogP contribution is 2.26. The van der Waals surface area contributed by atoms with Gasteiger partial charge in [-0.15, -0.1) is 0 Å². The number of hydrogen-bond donors (Lipinski definition) is 1. The third-order valence-electron chi connectivity index (χ3n) is 3.51. The number of aryl methyl sites for hydroxylation is 1. The molecule has 1 aliphatic rings. The zero-order chi connectivity index (χ0) is 15.3. The Labute approximate surface area is 123 Å². The highest BCUT2D eigenvalue weighted by Gasteiger charge is 2.26. The van der Waals surface area contributed by atoms with E-state index in [4.69, 9.17) is 4.74 Å². The summed E-state index contributed by atoms with van der Waals surface area (Å²) in [7, 11) is 0. The lowest BCUT2D eigenvalue weighted by molar-refractivity contribution is -0.139. The van der Waals surface area contributed by atoms with Crippen LogP contribution in [0.2, 0.25) is 0 Å². The Balaban J connectivity index is 1.96. The van der Waals surface area contributed by atoms with Crippen molar-refractivity contribution in [2.75, 3.05) is 37.7 Å². The van der Waals surface area contributed by atoms with Crippen LogP contribution in [0.15, 0.2) is 18.2 Å². The minimum Gasteiger partial charge on any atom is -0.493 e. The topological polar surface area (TPSA) is 24.5 Å². The average Bonchev–Trinajstić information content (AvgIpc) is 2.68. The van der Waals surface area contributed by atoms with Crippen molar-refractivity contribution in [3.63, 3.8) is 0 Å². The van der Waals surface area contributed by atoms with Crippen LogP contribution >= 0.6 is 0 Å². The average molecular weight is 302 g/mol. The van der Waals surface area contributed by atoms with Crippen LogP contribution in [-0.2, 0) is 0 Å². The van der Waals surface area contributed by atoms with Crippen LogP contribution in [0.4, 0.5) is 18.9 Å². The summed E-state index contributed by atoms with van der Waals surface area (Å²) < 4.78 is 41.6. The Hall–Kier alpha value is -1.43. The van der Waals surface area contributed by atoms with Crippen molar-refractivity contribution in [2.45, 2.75) is 25.9 Å². The summed E-state index contributed by atoms with van der Waals surface area (Å²) in [6.45, 7) is 5.42. The van der Waals surface area contributed by atoms with Crippen LogP contribution in [0.25, 0.3) is 0 Å². The van der Waals surface area contributed by atoms with Crippen molar-refractivity contribution in [1.29, 1.82) is 0 Å². The predicted molar refractivity (Wildman–Crippen MR) is 77.0 cm³/mol. The number of benzene rings is 1. The molecule has 1 aromatic carbocycles. The lowest BCUT2D eigenvalue weighted by atomic mass is 10.2. The zero-order valence-corrected chi connectivity index (χ0v) is 12.2. The molecule has 0 bridgehead atoms. The molecular weight excluding hydrogens is 281 g/mol.